The summed E-state index contributed by atoms with van der Waals surface area (Å²) in [6, 6.07) is 13.8. The predicted molar refractivity (Wildman–Crippen MR) is 65.3 cm³/mol. The molecule has 3 heteroatoms. The van der Waals surface area contributed by atoms with Gasteiger partial charge in [0.1, 0.15) is 12.4 Å². The van der Waals surface area contributed by atoms with Crippen molar-refractivity contribution in [1.29, 1.82) is 0 Å². The van der Waals surface area contributed by atoms with Crippen LogP contribution in [0.5, 0.6) is 5.75 Å². The van der Waals surface area contributed by atoms with Crippen molar-refractivity contribution < 1.29 is 4.74 Å². The average molecular weight is 266 g/mol. The number of hydrogen-bond donors (Lipinski definition) is 0. The molecule has 78 valence electrons. The maximum absolute atomic E-state index is 5.53. The van der Waals surface area contributed by atoms with Crippen LogP contribution < -0.4 is 4.74 Å². The molecule has 2 nitrogen and oxygen atoms in total. The van der Waals surface area contributed by atoms with E-state index in [-0.39, 0.29) is 17.0 Å². The van der Waals surface area contributed by atoms with E-state index in [4.69, 9.17) is 4.74 Å². The number of ether oxygens (including phenoxy) is 1. The van der Waals surface area contributed by atoms with E-state index in [9.17, 15) is 0 Å². The van der Waals surface area contributed by atoms with E-state index >= 15 is 0 Å². The van der Waals surface area contributed by atoms with Gasteiger partial charge in [0, 0.05) is 6.20 Å². The molecule has 1 aromatic carbocycles. The number of aromatic nitrogens is 1. The summed E-state index contributed by atoms with van der Waals surface area (Å²) < 4.78 is 5.53. The molecule has 0 saturated heterocycles. The maximum atomic E-state index is 5.53. The van der Waals surface area contributed by atoms with E-state index in [2.05, 4.69) is 4.98 Å². The highest BCUT2D eigenvalue weighted by Gasteiger charge is 1.93. The van der Waals surface area contributed by atoms with Gasteiger partial charge in [-0.25, -0.2) is 0 Å². The van der Waals surface area contributed by atoms with Crippen molar-refractivity contribution in [3.05, 3.63) is 60.4 Å². The molecule has 0 aliphatic rings. The summed E-state index contributed by atoms with van der Waals surface area (Å²) in [6.07, 6.45) is 3.44. The molecule has 0 fully saturated rings. The number of hydrogen-bond acceptors (Lipinski definition) is 2. The second-order valence-electron chi connectivity index (χ2n) is 2.96. The lowest BCUT2D eigenvalue weighted by molar-refractivity contribution is 0.305. The lowest BCUT2D eigenvalue weighted by Crippen LogP contribution is -1.94. The fraction of sp³-hybridized carbons (Fsp3) is 0.0833. The van der Waals surface area contributed by atoms with Crippen LogP contribution in [0.1, 0.15) is 5.56 Å². The van der Waals surface area contributed by atoms with Crippen molar-refractivity contribution in [3.8, 4) is 5.75 Å². The van der Waals surface area contributed by atoms with Gasteiger partial charge >= 0.3 is 0 Å². The Morgan fingerprint density at radius 1 is 1.00 bits per heavy atom. The molecule has 0 aliphatic heterocycles. The third-order valence-electron chi connectivity index (χ3n) is 1.88. The Balaban J connectivity index is 0.00000112. The highest BCUT2D eigenvalue weighted by Crippen LogP contribution is 2.09. The summed E-state index contributed by atoms with van der Waals surface area (Å²) >= 11 is 0. The van der Waals surface area contributed by atoms with Gasteiger partial charge in [0.25, 0.3) is 0 Å². The van der Waals surface area contributed by atoms with Crippen LogP contribution in [0.2, 0.25) is 0 Å². The molecule has 0 N–H and O–H groups in total. The van der Waals surface area contributed by atoms with Crippen molar-refractivity contribution in [2.24, 2.45) is 0 Å². The normalized spacial score (nSPS) is 9.07. The van der Waals surface area contributed by atoms with E-state index in [1.165, 1.54) is 0 Å². The van der Waals surface area contributed by atoms with Crippen LogP contribution in [0.4, 0.5) is 0 Å². The molecule has 1 heterocycles. The number of nitrogens with zero attached hydrogens (tertiary/aromatic N) is 1. The van der Waals surface area contributed by atoms with Gasteiger partial charge in [0.2, 0.25) is 0 Å². The zero-order valence-corrected chi connectivity index (χ0v) is 9.88. The molecule has 0 spiro atoms. The number of pyridine rings is 1. The summed E-state index contributed by atoms with van der Waals surface area (Å²) in [4.78, 5) is 3.97. The van der Waals surface area contributed by atoms with Crippen LogP contribution in [0.15, 0.2) is 54.9 Å². The molecule has 2 aromatic rings. The first-order valence-electron chi connectivity index (χ1n) is 4.52. The molecule has 0 bridgehead atoms. The van der Waals surface area contributed by atoms with Crippen molar-refractivity contribution >= 4 is 17.0 Å². The average Bonchev–Trinajstić information content (AvgIpc) is 2.29. The second kappa shape index (κ2) is 6.19. The summed E-state index contributed by atoms with van der Waals surface area (Å²) in [5, 5.41) is 0. The topological polar surface area (TPSA) is 22.1 Å². The second-order valence-corrected chi connectivity index (χ2v) is 2.96. The lowest BCUT2D eigenvalue weighted by atomic mass is 10.2. The first-order chi connectivity index (χ1) is 6.95. The fourth-order valence-electron chi connectivity index (χ4n) is 1.17. The smallest absolute Gasteiger partial charge is 0.138 e. The molecule has 0 radical (unpaired) electrons. The Hall–Kier alpha value is -1.35. The van der Waals surface area contributed by atoms with Crippen LogP contribution in [0, 0.1) is 0 Å². The third kappa shape index (κ3) is 3.72. The minimum Gasteiger partial charge on any atom is -0.487 e. The van der Waals surface area contributed by atoms with Gasteiger partial charge < -0.3 is 4.74 Å². The quantitative estimate of drug-likeness (QED) is 0.850. The van der Waals surface area contributed by atoms with E-state index in [0.29, 0.717) is 6.61 Å². The number of rotatable bonds is 3. The molecule has 2 rings (SSSR count). The van der Waals surface area contributed by atoms with Gasteiger partial charge in [-0.3, -0.25) is 4.98 Å². The standard InChI is InChI=1S/C12H11NO.BrH/c1-2-5-11(6-3-1)10-14-12-7-4-8-13-9-12;/h1-9H,10H2;1H. The predicted octanol–water partition coefficient (Wildman–Crippen LogP) is 3.24. The van der Waals surface area contributed by atoms with E-state index in [0.717, 1.165) is 11.3 Å². The van der Waals surface area contributed by atoms with Gasteiger partial charge in [-0.2, -0.15) is 0 Å². The van der Waals surface area contributed by atoms with Crippen LogP contribution in [-0.4, -0.2) is 4.98 Å². The minimum atomic E-state index is 0. The molecular weight excluding hydrogens is 254 g/mol. The Morgan fingerprint density at radius 2 is 1.80 bits per heavy atom. The highest BCUT2D eigenvalue weighted by atomic mass is 79.9. The third-order valence-corrected chi connectivity index (χ3v) is 1.88. The summed E-state index contributed by atoms with van der Waals surface area (Å²) in [5.74, 6) is 0.802. The fourth-order valence-corrected chi connectivity index (χ4v) is 1.17. The van der Waals surface area contributed by atoms with Crippen LogP contribution >= 0.6 is 17.0 Å². The molecule has 0 amide bonds. The van der Waals surface area contributed by atoms with Crippen molar-refractivity contribution in [1.82, 2.24) is 4.98 Å². The van der Waals surface area contributed by atoms with Crippen LogP contribution in [-0.2, 0) is 6.61 Å². The Bertz CT molecular complexity index is 338. The van der Waals surface area contributed by atoms with E-state index < -0.39 is 0 Å². The van der Waals surface area contributed by atoms with Gasteiger partial charge in [-0.1, -0.05) is 30.3 Å². The molecule has 0 atom stereocenters. The summed E-state index contributed by atoms with van der Waals surface area (Å²) in [7, 11) is 0. The van der Waals surface area contributed by atoms with Crippen molar-refractivity contribution in [3.63, 3.8) is 0 Å². The Morgan fingerprint density at radius 3 is 2.47 bits per heavy atom. The van der Waals surface area contributed by atoms with Gasteiger partial charge in [-0.05, 0) is 17.7 Å². The molecule has 15 heavy (non-hydrogen) atoms. The zero-order valence-electron chi connectivity index (χ0n) is 8.17. The minimum absolute atomic E-state index is 0. The molecule has 0 saturated carbocycles. The Kier molecular flexibility index (Phi) is 4.84. The monoisotopic (exact) mass is 265 g/mol. The summed E-state index contributed by atoms with van der Waals surface area (Å²) in [6.45, 7) is 0.590. The van der Waals surface area contributed by atoms with Gasteiger partial charge in [0.05, 0.1) is 6.20 Å². The van der Waals surface area contributed by atoms with Crippen LogP contribution in [0.25, 0.3) is 0 Å². The molecule has 0 unspecified atom stereocenters. The molecule has 0 aliphatic carbocycles. The van der Waals surface area contributed by atoms with Crippen LogP contribution in [0.3, 0.4) is 0 Å². The zero-order chi connectivity index (χ0) is 9.64. The highest BCUT2D eigenvalue weighted by molar-refractivity contribution is 8.93. The first kappa shape index (κ1) is 11.7. The molecular formula is C12H12BrNO. The summed E-state index contributed by atoms with van der Waals surface area (Å²) in [5.41, 5.74) is 1.16. The van der Waals surface area contributed by atoms with E-state index in [1.807, 2.05) is 42.5 Å². The number of benzene rings is 1. The Labute approximate surface area is 99.7 Å². The van der Waals surface area contributed by atoms with Crippen molar-refractivity contribution in [2.45, 2.75) is 6.61 Å². The maximum Gasteiger partial charge on any atom is 0.138 e. The van der Waals surface area contributed by atoms with Gasteiger partial charge in [-0.15, -0.1) is 17.0 Å². The van der Waals surface area contributed by atoms with E-state index in [1.54, 1.807) is 12.4 Å². The van der Waals surface area contributed by atoms with Crippen molar-refractivity contribution in [2.75, 3.05) is 0 Å². The SMILES string of the molecule is Br.c1ccc(COc2cccnc2)cc1. The van der Waals surface area contributed by atoms with Gasteiger partial charge in [0.15, 0.2) is 0 Å². The number of halogens is 1. The largest absolute Gasteiger partial charge is 0.487 e. The molecule has 1 aromatic heterocycles. The lowest BCUT2D eigenvalue weighted by Gasteiger charge is -2.04. The first-order valence-corrected chi connectivity index (χ1v) is 4.52.